The summed E-state index contributed by atoms with van der Waals surface area (Å²) in [6, 6.07) is 9.86. The van der Waals surface area contributed by atoms with Crippen molar-refractivity contribution in [3.8, 4) is 22.6 Å². The average Bonchev–Trinajstić information content (AvgIpc) is 2.35. The second-order valence-electron chi connectivity index (χ2n) is 4.64. The molecule has 0 fully saturated rings. The zero-order chi connectivity index (χ0) is 13.3. The number of hydrogen-bond donors (Lipinski definition) is 1. The second-order valence-corrected chi connectivity index (χ2v) is 4.64. The molecule has 18 heavy (non-hydrogen) atoms. The molecule has 0 spiro atoms. The molecule has 0 atom stereocenters. The summed E-state index contributed by atoms with van der Waals surface area (Å²) in [5.41, 5.74) is 5.47. The average molecular weight is 242 g/mol. The topological polar surface area (TPSA) is 29.5 Å². The van der Waals surface area contributed by atoms with Crippen LogP contribution in [-0.2, 0) is 0 Å². The van der Waals surface area contributed by atoms with Gasteiger partial charge >= 0.3 is 0 Å². The lowest BCUT2D eigenvalue weighted by Gasteiger charge is -2.12. The summed E-state index contributed by atoms with van der Waals surface area (Å²) < 4.78 is 5.32. The highest BCUT2D eigenvalue weighted by Crippen LogP contribution is 2.32. The number of aromatic hydroxyl groups is 1. The standard InChI is InChI=1S/C16H18O2/c1-10-9-16(18-4)12(3)8-14(10)13-5-6-15(17)11(2)7-13/h5-9,17H,1-4H3. The molecule has 2 aromatic rings. The molecule has 0 unspecified atom stereocenters. The number of phenolic OH excluding ortho intramolecular Hbond substituents is 1. The Hall–Kier alpha value is -1.96. The van der Waals surface area contributed by atoms with Crippen molar-refractivity contribution in [3.05, 3.63) is 47.0 Å². The van der Waals surface area contributed by atoms with Gasteiger partial charge in [0.25, 0.3) is 0 Å². The van der Waals surface area contributed by atoms with Crippen molar-refractivity contribution in [2.45, 2.75) is 20.8 Å². The van der Waals surface area contributed by atoms with Gasteiger partial charge in [-0.2, -0.15) is 0 Å². The Labute approximate surface area is 108 Å². The van der Waals surface area contributed by atoms with Crippen molar-refractivity contribution >= 4 is 0 Å². The maximum atomic E-state index is 9.58. The van der Waals surface area contributed by atoms with Gasteiger partial charge in [-0.25, -0.2) is 0 Å². The third kappa shape index (κ3) is 2.19. The lowest BCUT2D eigenvalue weighted by atomic mass is 9.96. The van der Waals surface area contributed by atoms with E-state index in [2.05, 4.69) is 13.0 Å². The van der Waals surface area contributed by atoms with Crippen LogP contribution in [0.2, 0.25) is 0 Å². The highest BCUT2D eigenvalue weighted by molar-refractivity contribution is 5.71. The summed E-state index contributed by atoms with van der Waals surface area (Å²) in [6.07, 6.45) is 0. The van der Waals surface area contributed by atoms with Gasteiger partial charge in [0, 0.05) is 0 Å². The Morgan fingerprint density at radius 3 is 2.22 bits per heavy atom. The predicted molar refractivity (Wildman–Crippen MR) is 74.3 cm³/mol. The van der Waals surface area contributed by atoms with Crippen LogP contribution < -0.4 is 4.74 Å². The Kier molecular flexibility index (Phi) is 3.28. The maximum absolute atomic E-state index is 9.58. The molecule has 2 rings (SSSR count). The van der Waals surface area contributed by atoms with E-state index in [1.165, 1.54) is 11.1 Å². The third-order valence-electron chi connectivity index (χ3n) is 3.25. The first-order valence-corrected chi connectivity index (χ1v) is 5.98. The van der Waals surface area contributed by atoms with Crippen LogP contribution in [0.15, 0.2) is 30.3 Å². The molecule has 0 aliphatic carbocycles. The minimum atomic E-state index is 0.335. The summed E-state index contributed by atoms with van der Waals surface area (Å²) in [4.78, 5) is 0. The fraction of sp³-hybridized carbons (Fsp3) is 0.250. The molecule has 0 aromatic heterocycles. The van der Waals surface area contributed by atoms with E-state index < -0.39 is 0 Å². The van der Waals surface area contributed by atoms with Crippen LogP contribution in [0.25, 0.3) is 11.1 Å². The van der Waals surface area contributed by atoms with Gasteiger partial charge in [-0.1, -0.05) is 6.07 Å². The van der Waals surface area contributed by atoms with Crippen molar-refractivity contribution in [2.75, 3.05) is 7.11 Å². The van der Waals surface area contributed by atoms with E-state index >= 15 is 0 Å². The number of hydrogen-bond acceptors (Lipinski definition) is 2. The second kappa shape index (κ2) is 4.73. The van der Waals surface area contributed by atoms with Gasteiger partial charge in [0.15, 0.2) is 0 Å². The van der Waals surface area contributed by atoms with Gasteiger partial charge in [0.1, 0.15) is 11.5 Å². The molecular weight excluding hydrogens is 224 g/mol. The molecule has 2 nitrogen and oxygen atoms in total. The van der Waals surface area contributed by atoms with Crippen molar-refractivity contribution < 1.29 is 9.84 Å². The number of rotatable bonds is 2. The van der Waals surface area contributed by atoms with Crippen LogP contribution in [0, 0.1) is 20.8 Å². The van der Waals surface area contributed by atoms with Crippen molar-refractivity contribution in [1.29, 1.82) is 0 Å². The molecule has 2 heteroatoms. The van der Waals surface area contributed by atoms with E-state index in [0.29, 0.717) is 5.75 Å². The van der Waals surface area contributed by atoms with Gasteiger partial charge in [-0.15, -0.1) is 0 Å². The molecule has 0 radical (unpaired) electrons. The summed E-state index contributed by atoms with van der Waals surface area (Å²) >= 11 is 0. The van der Waals surface area contributed by atoms with E-state index in [0.717, 1.165) is 22.4 Å². The Morgan fingerprint density at radius 2 is 1.61 bits per heavy atom. The molecule has 0 bridgehead atoms. The first-order valence-electron chi connectivity index (χ1n) is 5.98. The zero-order valence-electron chi connectivity index (χ0n) is 11.2. The number of aryl methyl sites for hydroxylation is 3. The zero-order valence-corrected chi connectivity index (χ0v) is 11.2. The summed E-state index contributed by atoms with van der Waals surface area (Å²) in [5, 5.41) is 9.58. The minimum absolute atomic E-state index is 0.335. The monoisotopic (exact) mass is 242 g/mol. The summed E-state index contributed by atoms with van der Waals surface area (Å²) in [6.45, 7) is 6.01. The van der Waals surface area contributed by atoms with Crippen LogP contribution in [0.4, 0.5) is 0 Å². The van der Waals surface area contributed by atoms with Gasteiger partial charge in [0.2, 0.25) is 0 Å². The van der Waals surface area contributed by atoms with E-state index in [1.54, 1.807) is 13.2 Å². The van der Waals surface area contributed by atoms with Gasteiger partial charge in [-0.3, -0.25) is 0 Å². The molecule has 94 valence electrons. The maximum Gasteiger partial charge on any atom is 0.122 e. The Morgan fingerprint density at radius 1 is 0.889 bits per heavy atom. The van der Waals surface area contributed by atoms with Crippen molar-refractivity contribution in [2.24, 2.45) is 0 Å². The molecular formula is C16H18O2. The Balaban J connectivity index is 2.57. The van der Waals surface area contributed by atoms with Crippen LogP contribution in [0.1, 0.15) is 16.7 Å². The molecule has 0 heterocycles. The molecule has 0 aliphatic heterocycles. The number of ether oxygens (including phenoxy) is 1. The number of benzene rings is 2. The van der Waals surface area contributed by atoms with Gasteiger partial charge < -0.3 is 9.84 Å². The molecule has 0 aliphatic rings. The number of phenols is 1. The normalized spacial score (nSPS) is 10.4. The molecule has 1 N–H and O–H groups in total. The van der Waals surface area contributed by atoms with Crippen LogP contribution >= 0.6 is 0 Å². The smallest absolute Gasteiger partial charge is 0.122 e. The quantitative estimate of drug-likeness (QED) is 0.862. The van der Waals surface area contributed by atoms with E-state index in [9.17, 15) is 5.11 Å². The fourth-order valence-corrected chi connectivity index (χ4v) is 2.14. The van der Waals surface area contributed by atoms with Crippen LogP contribution in [0.5, 0.6) is 11.5 Å². The SMILES string of the molecule is COc1cc(C)c(-c2ccc(O)c(C)c2)cc1C. The first-order chi connectivity index (χ1) is 8.52. The lowest BCUT2D eigenvalue weighted by molar-refractivity contribution is 0.411. The molecule has 0 saturated heterocycles. The number of methoxy groups -OCH3 is 1. The summed E-state index contributed by atoms with van der Waals surface area (Å²) in [5.74, 6) is 1.24. The third-order valence-corrected chi connectivity index (χ3v) is 3.25. The first kappa shape index (κ1) is 12.5. The molecule has 2 aromatic carbocycles. The molecule has 0 amide bonds. The minimum Gasteiger partial charge on any atom is -0.508 e. The van der Waals surface area contributed by atoms with E-state index in [1.807, 2.05) is 32.0 Å². The van der Waals surface area contributed by atoms with E-state index in [4.69, 9.17) is 4.74 Å². The van der Waals surface area contributed by atoms with E-state index in [-0.39, 0.29) is 0 Å². The highest BCUT2D eigenvalue weighted by atomic mass is 16.5. The largest absolute Gasteiger partial charge is 0.508 e. The van der Waals surface area contributed by atoms with Crippen molar-refractivity contribution in [1.82, 2.24) is 0 Å². The lowest BCUT2D eigenvalue weighted by Crippen LogP contribution is -1.91. The fourth-order valence-electron chi connectivity index (χ4n) is 2.14. The van der Waals surface area contributed by atoms with Crippen molar-refractivity contribution in [3.63, 3.8) is 0 Å². The highest BCUT2D eigenvalue weighted by Gasteiger charge is 2.08. The van der Waals surface area contributed by atoms with Crippen LogP contribution in [0.3, 0.4) is 0 Å². The molecule has 0 saturated carbocycles. The van der Waals surface area contributed by atoms with Gasteiger partial charge in [-0.05, 0) is 72.9 Å². The summed E-state index contributed by atoms with van der Waals surface area (Å²) in [7, 11) is 1.69. The predicted octanol–water partition coefficient (Wildman–Crippen LogP) is 3.99. The van der Waals surface area contributed by atoms with Gasteiger partial charge in [0.05, 0.1) is 7.11 Å². The Bertz CT molecular complexity index is 586. The van der Waals surface area contributed by atoms with Crippen LogP contribution in [-0.4, -0.2) is 12.2 Å².